The Labute approximate surface area is 139 Å². The first-order chi connectivity index (χ1) is 11.7. The fraction of sp³-hybridized carbons (Fsp3) is 0.353. The highest BCUT2D eigenvalue weighted by Crippen LogP contribution is 2.20. The average Bonchev–Trinajstić information content (AvgIpc) is 3.12. The molecule has 0 atom stereocenters. The number of hydrogen-bond acceptors (Lipinski definition) is 6. The largest absolute Gasteiger partial charge is 0.369 e. The van der Waals surface area contributed by atoms with E-state index in [4.69, 9.17) is 4.52 Å². The molecule has 3 heterocycles. The summed E-state index contributed by atoms with van der Waals surface area (Å²) in [5.74, 6) is 0. The number of aromatic nitrogens is 3. The molecule has 2 aromatic heterocycles. The van der Waals surface area contributed by atoms with Crippen molar-refractivity contribution in [1.29, 1.82) is 0 Å². The normalized spacial score (nSPS) is 16.0. The van der Waals surface area contributed by atoms with Crippen molar-refractivity contribution >= 4 is 16.6 Å². The molecule has 1 fully saturated rings. The van der Waals surface area contributed by atoms with Crippen molar-refractivity contribution < 1.29 is 4.52 Å². The molecule has 0 amide bonds. The monoisotopic (exact) mass is 325 g/mol. The molecule has 24 heavy (non-hydrogen) atoms. The molecular weight excluding hydrogens is 306 g/mol. The molecule has 0 spiro atoms. The number of hydrogen-bond donors (Lipinski definition) is 0. The van der Waals surface area contributed by atoms with Crippen LogP contribution < -0.4 is 10.5 Å². The summed E-state index contributed by atoms with van der Waals surface area (Å²) in [6.07, 6.45) is 5.04. The maximum absolute atomic E-state index is 12.1. The van der Waals surface area contributed by atoms with Gasteiger partial charge < -0.3 is 14.0 Å². The summed E-state index contributed by atoms with van der Waals surface area (Å²) in [4.78, 5) is 21.2. The lowest BCUT2D eigenvalue weighted by molar-refractivity contribution is 0.249. The molecule has 124 valence electrons. The minimum Gasteiger partial charge on any atom is -0.369 e. The molecule has 7 heteroatoms. The maximum Gasteiger partial charge on any atom is 0.260 e. The molecule has 7 nitrogen and oxygen atoms in total. The first kappa shape index (κ1) is 14.9. The van der Waals surface area contributed by atoms with Crippen molar-refractivity contribution in [3.05, 3.63) is 52.9 Å². The number of rotatable bonds is 3. The Balaban J connectivity index is 1.48. The molecule has 1 aliphatic heterocycles. The van der Waals surface area contributed by atoms with Gasteiger partial charge in [0.1, 0.15) is 6.26 Å². The number of piperazine rings is 1. The van der Waals surface area contributed by atoms with Crippen LogP contribution in [0.2, 0.25) is 0 Å². The lowest BCUT2D eigenvalue weighted by atomic mass is 10.2. The zero-order chi connectivity index (χ0) is 16.5. The van der Waals surface area contributed by atoms with Crippen molar-refractivity contribution in [1.82, 2.24) is 19.6 Å². The SMILES string of the molecule is Cn1cnc2cc(N3CCN(Cc4cnoc4)CC3)ccc2c1=O. The van der Waals surface area contributed by atoms with E-state index in [0.29, 0.717) is 5.39 Å². The Morgan fingerprint density at radius 2 is 2.04 bits per heavy atom. The van der Waals surface area contributed by atoms with Gasteiger partial charge >= 0.3 is 0 Å². The smallest absolute Gasteiger partial charge is 0.260 e. The van der Waals surface area contributed by atoms with Gasteiger partial charge in [-0.25, -0.2) is 4.98 Å². The van der Waals surface area contributed by atoms with E-state index in [0.717, 1.165) is 49.5 Å². The van der Waals surface area contributed by atoms with Gasteiger partial charge in [0.15, 0.2) is 0 Å². The third kappa shape index (κ3) is 2.78. The topological polar surface area (TPSA) is 67.4 Å². The molecule has 4 rings (SSSR count). The number of aryl methyl sites for hydroxylation is 1. The van der Waals surface area contributed by atoms with E-state index < -0.39 is 0 Å². The Hall–Kier alpha value is -2.67. The highest BCUT2D eigenvalue weighted by molar-refractivity contribution is 5.81. The first-order valence-corrected chi connectivity index (χ1v) is 8.02. The molecule has 0 bridgehead atoms. The Morgan fingerprint density at radius 3 is 2.79 bits per heavy atom. The molecule has 1 aromatic carbocycles. The number of fused-ring (bicyclic) bond motifs is 1. The highest BCUT2D eigenvalue weighted by Gasteiger charge is 2.18. The summed E-state index contributed by atoms with van der Waals surface area (Å²) in [5.41, 5.74) is 2.97. The van der Waals surface area contributed by atoms with Gasteiger partial charge in [-0.1, -0.05) is 5.16 Å². The minimum absolute atomic E-state index is 0.00918. The van der Waals surface area contributed by atoms with Crippen LogP contribution in [0, 0.1) is 0 Å². The van der Waals surface area contributed by atoms with Gasteiger partial charge in [0.25, 0.3) is 5.56 Å². The zero-order valence-electron chi connectivity index (χ0n) is 13.6. The van der Waals surface area contributed by atoms with E-state index in [-0.39, 0.29) is 5.56 Å². The summed E-state index contributed by atoms with van der Waals surface area (Å²) in [6.45, 7) is 4.72. The van der Waals surface area contributed by atoms with Crippen LogP contribution in [0.5, 0.6) is 0 Å². The van der Waals surface area contributed by atoms with Crippen LogP contribution in [-0.4, -0.2) is 45.8 Å². The predicted molar refractivity (Wildman–Crippen MR) is 91.0 cm³/mol. The van der Waals surface area contributed by atoms with Crippen molar-refractivity contribution in [2.75, 3.05) is 31.1 Å². The second-order valence-electron chi connectivity index (χ2n) is 6.16. The van der Waals surface area contributed by atoms with Crippen LogP contribution in [0.15, 0.2) is 46.3 Å². The number of benzene rings is 1. The molecule has 0 radical (unpaired) electrons. The van der Waals surface area contributed by atoms with Gasteiger partial charge in [0.05, 0.1) is 23.4 Å². The third-order valence-corrected chi connectivity index (χ3v) is 4.53. The maximum atomic E-state index is 12.1. The lowest BCUT2D eigenvalue weighted by Crippen LogP contribution is -2.45. The van der Waals surface area contributed by atoms with E-state index in [1.54, 1.807) is 25.8 Å². The van der Waals surface area contributed by atoms with Crippen molar-refractivity contribution in [2.45, 2.75) is 6.54 Å². The quantitative estimate of drug-likeness (QED) is 0.722. The summed E-state index contributed by atoms with van der Waals surface area (Å²) in [5, 5.41) is 4.41. The van der Waals surface area contributed by atoms with Crippen LogP contribution in [-0.2, 0) is 13.6 Å². The highest BCUT2D eigenvalue weighted by atomic mass is 16.5. The molecule has 0 saturated carbocycles. The lowest BCUT2D eigenvalue weighted by Gasteiger charge is -2.35. The molecule has 1 aliphatic rings. The van der Waals surface area contributed by atoms with Crippen LogP contribution in [0.25, 0.3) is 10.9 Å². The average molecular weight is 325 g/mol. The molecule has 0 aliphatic carbocycles. The predicted octanol–water partition coefficient (Wildman–Crippen LogP) is 1.24. The summed E-state index contributed by atoms with van der Waals surface area (Å²) < 4.78 is 6.39. The van der Waals surface area contributed by atoms with Crippen molar-refractivity contribution in [3.63, 3.8) is 0 Å². The van der Waals surface area contributed by atoms with Crippen molar-refractivity contribution in [3.8, 4) is 0 Å². The Bertz CT molecular complexity index is 895. The van der Waals surface area contributed by atoms with Crippen LogP contribution >= 0.6 is 0 Å². The Kier molecular flexibility index (Phi) is 3.78. The van der Waals surface area contributed by atoms with E-state index in [1.807, 2.05) is 18.2 Å². The van der Waals surface area contributed by atoms with E-state index in [9.17, 15) is 4.79 Å². The van der Waals surface area contributed by atoms with Crippen LogP contribution in [0.3, 0.4) is 0 Å². The number of anilines is 1. The molecular formula is C17H19N5O2. The van der Waals surface area contributed by atoms with Gasteiger partial charge in [-0.15, -0.1) is 0 Å². The summed E-state index contributed by atoms with van der Waals surface area (Å²) in [6, 6.07) is 5.90. The first-order valence-electron chi connectivity index (χ1n) is 8.02. The zero-order valence-corrected chi connectivity index (χ0v) is 13.6. The van der Waals surface area contributed by atoms with Crippen molar-refractivity contribution in [2.24, 2.45) is 7.05 Å². The summed E-state index contributed by atoms with van der Waals surface area (Å²) >= 11 is 0. The van der Waals surface area contributed by atoms with Gasteiger partial charge in [0.2, 0.25) is 0 Å². The second-order valence-corrected chi connectivity index (χ2v) is 6.16. The molecule has 3 aromatic rings. The van der Waals surface area contributed by atoms with E-state index in [1.165, 1.54) is 4.57 Å². The third-order valence-electron chi connectivity index (χ3n) is 4.53. The van der Waals surface area contributed by atoms with Gasteiger partial charge in [0, 0.05) is 51.0 Å². The van der Waals surface area contributed by atoms with Gasteiger partial charge in [-0.05, 0) is 18.2 Å². The Morgan fingerprint density at radius 1 is 1.21 bits per heavy atom. The van der Waals surface area contributed by atoms with Crippen LogP contribution in [0.4, 0.5) is 5.69 Å². The standard InChI is InChI=1S/C17H19N5O2/c1-20-12-18-16-8-14(2-3-15(16)17(20)23)22-6-4-21(5-7-22)10-13-9-19-24-11-13/h2-3,8-9,11-12H,4-7,10H2,1H3. The molecule has 0 unspecified atom stereocenters. The van der Waals surface area contributed by atoms with Crippen LogP contribution in [0.1, 0.15) is 5.56 Å². The van der Waals surface area contributed by atoms with E-state index in [2.05, 4.69) is 19.9 Å². The molecule has 0 N–H and O–H groups in total. The van der Waals surface area contributed by atoms with Gasteiger partial charge in [-0.2, -0.15) is 0 Å². The minimum atomic E-state index is -0.00918. The second kappa shape index (κ2) is 6.09. The fourth-order valence-corrected chi connectivity index (χ4v) is 3.12. The number of nitrogens with zero attached hydrogens (tertiary/aromatic N) is 5. The molecule has 1 saturated heterocycles. The van der Waals surface area contributed by atoms with Gasteiger partial charge in [-0.3, -0.25) is 9.69 Å². The fourth-order valence-electron chi connectivity index (χ4n) is 3.12. The summed E-state index contributed by atoms with van der Waals surface area (Å²) in [7, 11) is 1.72. The van der Waals surface area contributed by atoms with E-state index >= 15 is 0 Å².